The van der Waals surface area contributed by atoms with Gasteiger partial charge < -0.3 is 5.11 Å². The van der Waals surface area contributed by atoms with Gasteiger partial charge in [-0.15, -0.1) is 0 Å². The van der Waals surface area contributed by atoms with Crippen molar-refractivity contribution in [3.8, 4) is 0 Å². The third-order valence-electron chi connectivity index (χ3n) is 5.48. The first kappa shape index (κ1) is 21.2. The summed E-state index contributed by atoms with van der Waals surface area (Å²) in [4.78, 5) is 20.6. The first-order chi connectivity index (χ1) is 14.6. The molecule has 3 aromatic rings. The maximum atomic E-state index is 14.1. The van der Waals surface area contributed by atoms with Gasteiger partial charge in [0.25, 0.3) is 0 Å². The Hall–Kier alpha value is -3.01. The maximum absolute atomic E-state index is 14.1. The molecule has 1 fully saturated rings. The molecule has 1 aliphatic rings. The second-order valence-electron chi connectivity index (χ2n) is 7.91. The number of carbonyl (C=O) groups is 1. The third-order valence-corrected chi connectivity index (χ3v) is 5.48. The lowest BCUT2D eigenvalue weighted by Gasteiger charge is -2.29. The van der Waals surface area contributed by atoms with Crippen LogP contribution in [-0.2, 0) is 16.6 Å². The van der Waals surface area contributed by atoms with Crippen LogP contribution in [0.2, 0.25) is 0 Å². The van der Waals surface area contributed by atoms with Gasteiger partial charge >= 0.3 is 6.18 Å². The molecule has 4 rings (SSSR count). The van der Waals surface area contributed by atoms with E-state index in [1.807, 2.05) is 0 Å². The lowest BCUT2D eigenvalue weighted by atomic mass is 9.91. The summed E-state index contributed by atoms with van der Waals surface area (Å²) in [6.07, 6.45) is -2.73. The highest BCUT2D eigenvalue weighted by molar-refractivity contribution is 5.91. The number of nitrogens with one attached hydrogen (secondary N) is 1. The number of alkyl halides is 3. The molecule has 0 spiro atoms. The zero-order valence-corrected chi connectivity index (χ0v) is 16.6. The molecule has 2 aromatic heterocycles. The van der Waals surface area contributed by atoms with Gasteiger partial charge in [0.15, 0.2) is 5.65 Å². The third kappa shape index (κ3) is 4.12. The molecule has 0 radical (unpaired) electrons. The van der Waals surface area contributed by atoms with Gasteiger partial charge in [-0.2, -0.15) is 13.2 Å². The highest BCUT2D eigenvalue weighted by Crippen LogP contribution is 2.38. The van der Waals surface area contributed by atoms with Gasteiger partial charge in [0.2, 0.25) is 11.9 Å². The van der Waals surface area contributed by atoms with Crippen LogP contribution < -0.4 is 5.32 Å². The second-order valence-corrected chi connectivity index (χ2v) is 7.91. The monoisotopic (exact) mass is 436 g/mol. The number of nitrogens with zero attached hydrogens (tertiary/aromatic N) is 3. The number of hydrogen-bond acceptors (Lipinski definition) is 4. The summed E-state index contributed by atoms with van der Waals surface area (Å²) in [6, 6.07) is 7.50. The van der Waals surface area contributed by atoms with Crippen molar-refractivity contribution in [2.24, 2.45) is 0 Å². The maximum Gasteiger partial charge on any atom is 0.433 e. The average molecular weight is 436 g/mol. The van der Waals surface area contributed by atoms with Crippen LogP contribution in [0.15, 0.2) is 36.4 Å². The Morgan fingerprint density at radius 3 is 2.52 bits per heavy atom. The zero-order valence-electron chi connectivity index (χ0n) is 16.6. The summed E-state index contributed by atoms with van der Waals surface area (Å²) in [7, 11) is 0. The van der Waals surface area contributed by atoms with Gasteiger partial charge in [0, 0.05) is 11.6 Å². The lowest BCUT2D eigenvalue weighted by Crippen LogP contribution is -2.30. The molecule has 0 saturated heterocycles. The van der Waals surface area contributed by atoms with E-state index in [1.165, 1.54) is 35.8 Å². The van der Waals surface area contributed by atoms with Crippen LogP contribution in [0.25, 0.3) is 11.2 Å². The predicted octanol–water partition coefficient (Wildman–Crippen LogP) is 4.55. The Morgan fingerprint density at radius 1 is 1.19 bits per heavy atom. The molecule has 31 heavy (non-hydrogen) atoms. The highest BCUT2D eigenvalue weighted by atomic mass is 19.4. The Bertz CT molecular complexity index is 1140. The van der Waals surface area contributed by atoms with Gasteiger partial charge in [-0.05, 0) is 44.4 Å². The number of aromatic nitrogens is 3. The van der Waals surface area contributed by atoms with Gasteiger partial charge in [-0.3, -0.25) is 14.7 Å². The van der Waals surface area contributed by atoms with E-state index < -0.39 is 35.6 Å². The number of halogens is 4. The number of imidazole rings is 1. The fraction of sp³-hybridized carbons (Fsp3) is 0.381. The van der Waals surface area contributed by atoms with Crippen LogP contribution in [0.5, 0.6) is 0 Å². The zero-order chi connectivity index (χ0) is 22.4. The number of rotatable bonds is 5. The van der Waals surface area contributed by atoms with Crippen LogP contribution >= 0.6 is 0 Å². The summed E-state index contributed by atoms with van der Waals surface area (Å²) >= 11 is 0. The highest BCUT2D eigenvalue weighted by Gasteiger charge is 2.35. The van der Waals surface area contributed by atoms with Gasteiger partial charge in [-0.1, -0.05) is 18.2 Å². The van der Waals surface area contributed by atoms with E-state index in [0.29, 0.717) is 0 Å². The lowest BCUT2D eigenvalue weighted by molar-refractivity contribution is -0.141. The molecule has 1 atom stereocenters. The molecular weight excluding hydrogens is 416 g/mol. The van der Waals surface area contributed by atoms with Gasteiger partial charge in [0.05, 0.1) is 12.0 Å². The Kier molecular flexibility index (Phi) is 5.20. The number of aliphatic hydroxyl groups is 1. The smallest absolute Gasteiger partial charge is 0.385 e. The number of anilines is 1. The molecule has 0 bridgehead atoms. The fourth-order valence-electron chi connectivity index (χ4n) is 3.69. The minimum absolute atomic E-state index is 0.0332. The van der Waals surface area contributed by atoms with Crippen molar-refractivity contribution in [1.82, 2.24) is 14.5 Å². The van der Waals surface area contributed by atoms with Gasteiger partial charge in [0.1, 0.15) is 17.0 Å². The van der Waals surface area contributed by atoms with E-state index in [-0.39, 0.29) is 28.7 Å². The summed E-state index contributed by atoms with van der Waals surface area (Å²) in [5.74, 6) is -1.24. The topological polar surface area (TPSA) is 80.0 Å². The number of pyridine rings is 1. The molecule has 164 valence electrons. The number of carbonyl (C=O) groups excluding carboxylic acids is 1. The number of hydrogen-bond donors (Lipinski definition) is 2. The molecule has 0 aliphatic heterocycles. The van der Waals surface area contributed by atoms with Crippen molar-refractivity contribution in [3.63, 3.8) is 0 Å². The van der Waals surface area contributed by atoms with Crippen LogP contribution in [0, 0.1) is 5.82 Å². The molecule has 10 heteroatoms. The molecule has 1 unspecified atom stereocenters. The minimum atomic E-state index is -4.61. The molecular formula is C21H20F4N4O2. The Balaban J connectivity index is 1.64. The molecule has 1 aromatic carbocycles. The largest absolute Gasteiger partial charge is 0.433 e. The number of benzene rings is 1. The van der Waals surface area contributed by atoms with E-state index in [2.05, 4.69) is 15.3 Å². The fourth-order valence-corrected chi connectivity index (χ4v) is 3.69. The van der Waals surface area contributed by atoms with Gasteiger partial charge in [-0.25, -0.2) is 14.4 Å². The molecule has 1 aliphatic carbocycles. The minimum Gasteiger partial charge on any atom is -0.385 e. The van der Waals surface area contributed by atoms with Crippen molar-refractivity contribution in [3.05, 3.63) is 53.5 Å². The van der Waals surface area contributed by atoms with Crippen LogP contribution in [-0.4, -0.2) is 25.5 Å². The van der Waals surface area contributed by atoms with Crippen LogP contribution in [0.3, 0.4) is 0 Å². The van der Waals surface area contributed by atoms with Crippen LogP contribution in [0.1, 0.15) is 49.9 Å². The summed E-state index contributed by atoms with van der Waals surface area (Å²) in [6.45, 7) is 1.32. The summed E-state index contributed by atoms with van der Waals surface area (Å²) in [5.41, 5.74) is -2.61. The number of fused-ring (bicyclic) bond motifs is 1. The molecule has 2 heterocycles. The predicted molar refractivity (Wildman–Crippen MR) is 105 cm³/mol. The molecule has 6 nitrogen and oxygen atoms in total. The van der Waals surface area contributed by atoms with Crippen molar-refractivity contribution in [2.45, 2.75) is 50.4 Å². The first-order valence-electron chi connectivity index (χ1n) is 9.80. The molecule has 2 N–H and O–H groups in total. The average Bonchev–Trinajstić information content (AvgIpc) is 2.96. The summed E-state index contributed by atoms with van der Waals surface area (Å²) in [5, 5.41) is 13.2. The normalized spacial score (nSPS) is 16.7. The van der Waals surface area contributed by atoms with E-state index in [1.54, 1.807) is 6.07 Å². The molecule has 1 saturated carbocycles. The van der Waals surface area contributed by atoms with Crippen LogP contribution in [0.4, 0.5) is 23.5 Å². The van der Waals surface area contributed by atoms with E-state index in [4.69, 9.17) is 0 Å². The standard InChI is InChI=1S/C21H20F4N4O2/c1-20(31,13-7-2-3-8-14(13)22)11-17(30)28-19-26-15-9-10-16(21(23,24)25)27-18(15)29(19)12-5-4-6-12/h2-3,7-10,12,31H,4-6,11H2,1H3,(H,26,28,30). The quantitative estimate of drug-likeness (QED) is 0.575. The van der Waals surface area contributed by atoms with Crippen molar-refractivity contribution in [2.75, 3.05) is 5.32 Å². The summed E-state index contributed by atoms with van der Waals surface area (Å²) < 4.78 is 54.9. The SMILES string of the molecule is CC(O)(CC(=O)Nc1nc2ccc(C(F)(F)F)nc2n1C1CCC1)c1ccccc1F. The van der Waals surface area contributed by atoms with Crippen molar-refractivity contribution in [1.29, 1.82) is 0 Å². The second kappa shape index (κ2) is 7.60. The number of amides is 1. The van der Waals surface area contributed by atoms with E-state index >= 15 is 0 Å². The van der Waals surface area contributed by atoms with Crippen molar-refractivity contribution < 1.29 is 27.5 Å². The Labute approximate surface area is 174 Å². The van der Waals surface area contributed by atoms with E-state index in [0.717, 1.165) is 25.3 Å². The Morgan fingerprint density at radius 2 is 1.90 bits per heavy atom. The first-order valence-corrected chi connectivity index (χ1v) is 9.80. The van der Waals surface area contributed by atoms with Crippen molar-refractivity contribution >= 4 is 23.0 Å². The molecule has 1 amide bonds. The van der Waals surface area contributed by atoms with E-state index in [9.17, 15) is 27.5 Å².